The Labute approximate surface area is 132 Å². The molecule has 0 fully saturated rings. The maximum Gasteiger partial charge on any atom is 0.213 e. The van der Waals surface area contributed by atoms with Crippen LogP contribution in [0, 0.1) is 0 Å². The first-order valence-electron chi connectivity index (χ1n) is 7.40. The van der Waals surface area contributed by atoms with Crippen molar-refractivity contribution in [2.75, 3.05) is 13.7 Å². The zero-order valence-corrected chi connectivity index (χ0v) is 12.7. The number of hydrogen-bond acceptors (Lipinski definition) is 5. The van der Waals surface area contributed by atoms with Crippen LogP contribution in [0.2, 0.25) is 0 Å². The summed E-state index contributed by atoms with van der Waals surface area (Å²) in [6.07, 6.45) is 0. The number of benzene rings is 1. The van der Waals surface area contributed by atoms with Crippen LogP contribution in [0.4, 0.5) is 0 Å². The highest BCUT2D eigenvalue weighted by Crippen LogP contribution is 2.39. The molecule has 3 heterocycles. The van der Waals surface area contributed by atoms with Crippen LogP contribution in [0.25, 0.3) is 22.2 Å². The Morgan fingerprint density at radius 1 is 1.39 bits per heavy atom. The standard InChI is InChI=1S/C17H17N3O3/c1-22-16-5-9(4-10(7-21)19-16)15-6-12-14(20-15)3-2-11-13(18)8-23-17(11)12/h2-6,13,20-21H,7-8,18H2,1H3/t13-/m1/s1. The lowest BCUT2D eigenvalue weighted by molar-refractivity contribution is 0.274. The molecule has 0 radical (unpaired) electrons. The van der Waals surface area contributed by atoms with Crippen molar-refractivity contribution in [1.82, 2.24) is 9.97 Å². The van der Waals surface area contributed by atoms with Crippen LogP contribution in [-0.2, 0) is 6.61 Å². The molecule has 4 N–H and O–H groups in total. The van der Waals surface area contributed by atoms with Crippen LogP contribution in [0.3, 0.4) is 0 Å². The first-order chi connectivity index (χ1) is 11.2. The van der Waals surface area contributed by atoms with Gasteiger partial charge in [0.05, 0.1) is 25.5 Å². The Hall–Kier alpha value is -2.57. The molecule has 1 aliphatic heterocycles. The monoisotopic (exact) mass is 311 g/mol. The van der Waals surface area contributed by atoms with E-state index >= 15 is 0 Å². The van der Waals surface area contributed by atoms with Crippen LogP contribution in [0.5, 0.6) is 11.6 Å². The van der Waals surface area contributed by atoms with Crippen molar-refractivity contribution in [3.05, 3.63) is 41.6 Å². The van der Waals surface area contributed by atoms with Gasteiger partial charge in [-0.15, -0.1) is 0 Å². The van der Waals surface area contributed by atoms with E-state index in [-0.39, 0.29) is 12.6 Å². The highest BCUT2D eigenvalue weighted by Gasteiger charge is 2.23. The number of H-pyrrole nitrogens is 1. The fraction of sp³-hybridized carbons (Fsp3) is 0.235. The molecule has 1 atom stereocenters. The SMILES string of the molecule is COc1cc(-c2cc3c4c(ccc3[nH]2)[C@H](N)CO4)cc(CO)n1. The van der Waals surface area contributed by atoms with E-state index < -0.39 is 0 Å². The number of aliphatic hydroxyl groups is 1. The molecule has 2 aromatic heterocycles. The summed E-state index contributed by atoms with van der Waals surface area (Å²) >= 11 is 0. The molecule has 1 aromatic carbocycles. The van der Waals surface area contributed by atoms with E-state index in [9.17, 15) is 5.11 Å². The summed E-state index contributed by atoms with van der Waals surface area (Å²) in [5, 5.41) is 10.4. The molecule has 0 saturated carbocycles. The summed E-state index contributed by atoms with van der Waals surface area (Å²) in [7, 11) is 1.56. The van der Waals surface area contributed by atoms with Gasteiger partial charge in [0.25, 0.3) is 0 Å². The number of aliphatic hydroxyl groups excluding tert-OH is 1. The van der Waals surface area contributed by atoms with E-state index in [1.165, 1.54) is 0 Å². The third-order valence-electron chi connectivity index (χ3n) is 4.13. The van der Waals surface area contributed by atoms with Crippen LogP contribution < -0.4 is 15.2 Å². The topological polar surface area (TPSA) is 93.4 Å². The van der Waals surface area contributed by atoms with Gasteiger partial charge in [0, 0.05) is 33.8 Å². The molecule has 3 aromatic rings. The van der Waals surface area contributed by atoms with Gasteiger partial charge in [-0.05, 0) is 18.2 Å². The molecular weight excluding hydrogens is 294 g/mol. The number of aromatic nitrogens is 2. The van der Waals surface area contributed by atoms with Gasteiger partial charge in [-0.3, -0.25) is 0 Å². The van der Waals surface area contributed by atoms with Crippen molar-refractivity contribution in [2.24, 2.45) is 5.73 Å². The molecule has 6 nitrogen and oxygen atoms in total. The van der Waals surface area contributed by atoms with Crippen LogP contribution >= 0.6 is 0 Å². The molecule has 118 valence electrons. The van der Waals surface area contributed by atoms with E-state index in [1.54, 1.807) is 7.11 Å². The van der Waals surface area contributed by atoms with Gasteiger partial charge in [-0.2, -0.15) is 0 Å². The van der Waals surface area contributed by atoms with Gasteiger partial charge in [0.2, 0.25) is 5.88 Å². The van der Waals surface area contributed by atoms with E-state index in [0.29, 0.717) is 18.2 Å². The lowest BCUT2D eigenvalue weighted by Crippen LogP contribution is -2.10. The molecule has 0 aliphatic carbocycles. The van der Waals surface area contributed by atoms with Crippen molar-refractivity contribution in [1.29, 1.82) is 0 Å². The van der Waals surface area contributed by atoms with Gasteiger partial charge >= 0.3 is 0 Å². The van der Waals surface area contributed by atoms with E-state index in [1.807, 2.05) is 30.3 Å². The van der Waals surface area contributed by atoms with Crippen molar-refractivity contribution < 1.29 is 14.6 Å². The molecule has 1 aliphatic rings. The second kappa shape index (κ2) is 5.26. The average molecular weight is 311 g/mol. The summed E-state index contributed by atoms with van der Waals surface area (Å²) in [5.41, 5.74) is 10.4. The van der Waals surface area contributed by atoms with Gasteiger partial charge in [-0.25, -0.2) is 4.98 Å². The second-order valence-electron chi connectivity index (χ2n) is 5.59. The van der Waals surface area contributed by atoms with E-state index in [2.05, 4.69) is 9.97 Å². The number of hydrogen-bond donors (Lipinski definition) is 3. The maximum absolute atomic E-state index is 9.36. The van der Waals surface area contributed by atoms with Crippen molar-refractivity contribution in [2.45, 2.75) is 12.6 Å². The Balaban J connectivity index is 1.87. The summed E-state index contributed by atoms with van der Waals surface area (Å²) in [6, 6.07) is 9.63. The predicted molar refractivity (Wildman–Crippen MR) is 86.4 cm³/mol. The molecule has 0 amide bonds. The zero-order valence-electron chi connectivity index (χ0n) is 12.7. The number of nitrogens with one attached hydrogen (secondary N) is 1. The van der Waals surface area contributed by atoms with Crippen LogP contribution in [0.1, 0.15) is 17.3 Å². The molecule has 0 spiro atoms. The molecular formula is C17H17N3O3. The lowest BCUT2D eigenvalue weighted by atomic mass is 10.1. The number of ether oxygens (including phenoxy) is 2. The van der Waals surface area contributed by atoms with Gasteiger partial charge in [0.15, 0.2) is 0 Å². The number of nitrogens with two attached hydrogens (primary N) is 1. The lowest BCUT2D eigenvalue weighted by Gasteiger charge is -2.05. The molecule has 0 unspecified atom stereocenters. The van der Waals surface area contributed by atoms with Crippen molar-refractivity contribution in [3.8, 4) is 22.9 Å². The number of methoxy groups -OCH3 is 1. The number of fused-ring (bicyclic) bond motifs is 3. The predicted octanol–water partition coefficient (Wildman–Crippen LogP) is 2.12. The maximum atomic E-state index is 9.36. The molecule has 0 saturated heterocycles. The zero-order chi connectivity index (χ0) is 16.0. The number of rotatable bonds is 3. The summed E-state index contributed by atoms with van der Waals surface area (Å²) in [6.45, 7) is 0.366. The third-order valence-corrected chi connectivity index (χ3v) is 4.13. The molecule has 4 rings (SSSR count). The van der Waals surface area contributed by atoms with Crippen molar-refractivity contribution >= 4 is 10.9 Å². The van der Waals surface area contributed by atoms with Crippen molar-refractivity contribution in [3.63, 3.8) is 0 Å². The minimum absolute atomic E-state index is 0.0743. The number of nitrogens with zero attached hydrogens (tertiary/aromatic N) is 1. The van der Waals surface area contributed by atoms with Gasteiger partial charge < -0.3 is 25.3 Å². The molecule has 6 heteroatoms. The van der Waals surface area contributed by atoms with E-state index in [4.69, 9.17) is 15.2 Å². The Morgan fingerprint density at radius 2 is 2.26 bits per heavy atom. The Kier molecular flexibility index (Phi) is 3.21. The number of pyridine rings is 1. The molecule has 0 bridgehead atoms. The number of aromatic amines is 1. The fourth-order valence-electron chi connectivity index (χ4n) is 2.97. The van der Waals surface area contributed by atoms with Gasteiger partial charge in [-0.1, -0.05) is 6.07 Å². The minimum atomic E-state index is -0.141. The van der Waals surface area contributed by atoms with E-state index in [0.717, 1.165) is 33.5 Å². The van der Waals surface area contributed by atoms with Crippen LogP contribution in [0.15, 0.2) is 30.3 Å². The highest BCUT2D eigenvalue weighted by molar-refractivity contribution is 5.92. The fourth-order valence-corrected chi connectivity index (χ4v) is 2.97. The Morgan fingerprint density at radius 3 is 3.04 bits per heavy atom. The highest BCUT2D eigenvalue weighted by atomic mass is 16.5. The Bertz CT molecular complexity index is 866. The van der Waals surface area contributed by atoms with Gasteiger partial charge in [0.1, 0.15) is 12.4 Å². The largest absolute Gasteiger partial charge is 0.491 e. The first-order valence-corrected chi connectivity index (χ1v) is 7.40. The average Bonchev–Trinajstić information content (AvgIpc) is 3.18. The first kappa shape index (κ1) is 14.0. The summed E-state index contributed by atoms with van der Waals surface area (Å²) in [4.78, 5) is 7.56. The van der Waals surface area contributed by atoms with Crippen LogP contribution in [-0.4, -0.2) is 28.8 Å². The second-order valence-corrected chi connectivity index (χ2v) is 5.59. The normalized spacial score (nSPS) is 16.4. The molecule has 23 heavy (non-hydrogen) atoms. The minimum Gasteiger partial charge on any atom is -0.491 e. The smallest absolute Gasteiger partial charge is 0.213 e. The third kappa shape index (κ3) is 2.23. The quantitative estimate of drug-likeness (QED) is 0.689. The summed E-state index contributed by atoms with van der Waals surface area (Å²) < 4.78 is 10.9. The summed E-state index contributed by atoms with van der Waals surface area (Å²) in [5.74, 6) is 1.31.